The van der Waals surface area contributed by atoms with Gasteiger partial charge in [-0.25, -0.2) is 0 Å². The number of hydrogen-bond donors (Lipinski definition) is 0. The van der Waals surface area contributed by atoms with Gasteiger partial charge in [-0.2, -0.15) is 0 Å². The minimum Gasteiger partial charge on any atom is -0.120 e. The van der Waals surface area contributed by atoms with E-state index in [1.54, 1.807) is 0 Å². The van der Waals surface area contributed by atoms with Gasteiger partial charge >= 0.3 is 0 Å². The fraction of sp³-hybridized carbons (Fsp3) is 0.538. The Morgan fingerprint density at radius 3 is 2.00 bits per heavy atom. The van der Waals surface area contributed by atoms with Gasteiger partial charge in [-0.15, -0.1) is 36.5 Å². The molecule has 0 spiro atoms. The zero-order valence-corrected chi connectivity index (χ0v) is 8.27. The molecule has 0 saturated heterocycles. The third-order valence-electron chi connectivity index (χ3n) is 1.96. The summed E-state index contributed by atoms with van der Waals surface area (Å²) in [4.78, 5) is 0. The summed E-state index contributed by atoms with van der Waals surface area (Å²) in [7, 11) is 0. The molecule has 0 fully saturated rings. The summed E-state index contributed by atoms with van der Waals surface area (Å²) in [5, 5.41) is 0. The zero-order valence-electron chi connectivity index (χ0n) is 8.27. The highest BCUT2D eigenvalue weighted by molar-refractivity contribution is 4.98. The summed E-state index contributed by atoms with van der Waals surface area (Å²) in [6.45, 7) is 1.86. The average Bonchev–Trinajstić information content (AvgIpc) is 2.17. The quantitative estimate of drug-likeness (QED) is 0.559. The third-order valence-corrected chi connectivity index (χ3v) is 1.96. The first kappa shape index (κ1) is 11.7. The van der Waals surface area contributed by atoms with Crippen LogP contribution in [0.2, 0.25) is 0 Å². The molecule has 0 aromatic rings. The van der Waals surface area contributed by atoms with Crippen molar-refractivity contribution in [2.75, 3.05) is 0 Å². The van der Waals surface area contributed by atoms with Gasteiger partial charge in [0.05, 0.1) is 0 Å². The molecule has 0 saturated carbocycles. The van der Waals surface area contributed by atoms with Crippen LogP contribution in [0.1, 0.15) is 39.0 Å². The first-order valence-corrected chi connectivity index (χ1v) is 4.61. The van der Waals surface area contributed by atoms with Gasteiger partial charge in [0.15, 0.2) is 0 Å². The molecular weight excluding hydrogens is 156 g/mol. The number of terminal acetylenes is 2. The van der Waals surface area contributed by atoms with E-state index in [9.17, 15) is 0 Å². The van der Waals surface area contributed by atoms with Crippen molar-refractivity contribution in [2.45, 2.75) is 39.0 Å². The first-order chi connectivity index (χ1) is 6.35. The van der Waals surface area contributed by atoms with E-state index in [2.05, 4.69) is 23.7 Å². The Labute approximate surface area is 82.1 Å². The summed E-state index contributed by atoms with van der Waals surface area (Å²) < 4.78 is 0. The number of rotatable bonds is 5. The molecule has 0 aliphatic rings. The van der Waals surface area contributed by atoms with Crippen LogP contribution in [0, 0.1) is 42.4 Å². The molecular formula is C13H16. The van der Waals surface area contributed by atoms with E-state index >= 15 is 0 Å². The lowest BCUT2D eigenvalue weighted by molar-refractivity contribution is 0.475. The minimum atomic E-state index is 0.583. The predicted molar refractivity (Wildman–Crippen MR) is 57.7 cm³/mol. The summed E-state index contributed by atoms with van der Waals surface area (Å²) in [6, 6.07) is 0. The fourth-order valence-electron chi connectivity index (χ4n) is 1.17. The minimum absolute atomic E-state index is 0.583. The molecule has 0 heteroatoms. The van der Waals surface area contributed by atoms with Crippen LogP contribution in [0.3, 0.4) is 0 Å². The Morgan fingerprint density at radius 2 is 1.62 bits per heavy atom. The Morgan fingerprint density at radius 1 is 1.08 bits per heavy atom. The molecule has 0 bridgehead atoms. The van der Waals surface area contributed by atoms with Crippen molar-refractivity contribution < 1.29 is 0 Å². The van der Waals surface area contributed by atoms with Crippen LogP contribution >= 0.6 is 0 Å². The highest BCUT2D eigenvalue weighted by Gasteiger charge is 2.04. The van der Waals surface area contributed by atoms with Gasteiger partial charge in [0.2, 0.25) is 0 Å². The van der Waals surface area contributed by atoms with Crippen LogP contribution in [0.5, 0.6) is 0 Å². The molecule has 0 unspecified atom stereocenters. The van der Waals surface area contributed by atoms with E-state index in [1.165, 1.54) is 0 Å². The van der Waals surface area contributed by atoms with Crippen molar-refractivity contribution in [1.82, 2.24) is 0 Å². The molecule has 0 N–H and O–H groups in total. The second-order valence-corrected chi connectivity index (χ2v) is 2.98. The predicted octanol–water partition coefficient (Wildman–Crippen LogP) is 2.84. The van der Waals surface area contributed by atoms with E-state index in [1.807, 2.05) is 6.92 Å². The largest absolute Gasteiger partial charge is 0.120 e. The molecule has 0 aliphatic carbocycles. The topological polar surface area (TPSA) is 0 Å². The summed E-state index contributed by atoms with van der Waals surface area (Å²) in [6.07, 6.45) is 15.1. The lowest BCUT2D eigenvalue weighted by Crippen LogP contribution is -1.98. The van der Waals surface area contributed by atoms with Crippen molar-refractivity contribution in [3.05, 3.63) is 0 Å². The molecule has 0 amide bonds. The van der Waals surface area contributed by atoms with Crippen LogP contribution in [0.4, 0.5) is 0 Å². The molecule has 0 heterocycles. The molecule has 0 rings (SSSR count). The summed E-state index contributed by atoms with van der Waals surface area (Å²) in [5.41, 5.74) is 0. The van der Waals surface area contributed by atoms with Crippen molar-refractivity contribution in [1.29, 1.82) is 0 Å². The lowest BCUT2D eigenvalue weighted by Gasteiger charge is -2.09. The number of hydrogen-bond acceptors (Lipinski definition) is 0. The molecule has 0 nitrogen and oxygen atoms in total. The maximum Gasteiger partial charge on any atom is 0.0118 e. The normalized spacial score (nSPS) is 8.31. The highest BCUT2D eigenvalue weighted by atomic mass is 14.1. The van der Waals surface area contributed by atoms with Crippen molar-refractivity contribution in [2.24, 2.45) is 5.92 Å². The third kappa shape index (κ3) is 7.05. The smallest absolute Gasteiger partial charge is 0.0118 e. The molecule has 0 aromatic carbocycles. The molecule has 0 aromatic heterocycles. The maximum atomic E-state index is 5.21. The SMILES string of the molecule is C#CCCC(CC#CC)CCC#C. The van der Waals surface area contributed by atoms with Crippen LogP contribution in [-0.4, -0.2) is 0 Å². The molecule has 0 radical (unpaired) electrons. The Bertz CT molecular complexity index is 230. The maximum absolute atomic E-state index is 5.21. The van der Waals surface area contributed by atoms with Gasteiger partial charge in [0, 0.05) is 19.3 Å². The van der Waals surface area contributed by atoms with Crippen LogP contribution < -0.4 is 0 Å². The van der Waals surface area contributed by atoms with Crippen molar-refractivity contribution >= 4 is 0 Å². The van der Waals surface area contributed by atoms with Gasteiger partial charge < -0.3 is 0 Å². The van der Waals surface area contributed by atoms with Crippen molar-refractivity contribution in [3.63, 3.8) is 0 Å². The molecule has 68 valence electrons. The fourth-order valence-corrected chi connectivity index (χ4v) is 1.17. The van der Waals surface area contributed by atoms with E-state index in [4.69, 9.17) is 12.8 Å². The van der Waals surface area contributed by atoms with Gasteiger partial charge in [0.1, 0.15) is 0 Å². The van der Waals surface area contributed by atoms with E-state index in [-0.39, 0.29) is 0 Å². The standard InChI is InChI=1S/C13H16/c1-4-7-10-13(11-8-5-2)12-9-6-3/h1-2,13H,7-8,10-12H2,3H3. The second kappa shape index (κ2) is 8.77. The van der Waals surface area contributed by atoms with E-state index in [0.29, 0.717) is 5.92 Å². The Hall–Kier alpha value is -1.32. The average molecular weight is 172 g/mol. The van der Waals surface area contributed by atoms with Gasteiger partial charge in [-0.3, -0.25) is 0 Å². The Balaban J connectivity index is 3.80. The van der Waals surface area contributed by atoms with E-state index < -0.39 is 0 Å². The van der Waals surface area contributed by atoms with Crippen LogP contribution in [0.15, 0.2) is 0 Å². The second-order valence-electron chi connectivity index (χ2n) is 2.98. The van der Waals surface area contributed by atoms with Crippen LogP contribution in [-0.2, 0) is 0 Å². The summed E-state index contributed by atoms with van der Waals surface area (Å²) in [5.74, 6) is 11.9. The van der Waals surface area contributed by atoms with Crippen molar-refractivity contribution in [3.8, 4) is 36.5 Å². The summed E-state index contributed by atoms with van der Waals surface area (Å²) >= 11 is 0. The molecule has 0 atom stereocenters. The molecule has 13 heavy (non-hydrogen) atoms. The lowest BCUT2D eigenvalue weighted by atomic mass is 9.95. The Kier molecular flexibility index (Phi) is 7.88. The van der Waals surface area contributed by atoms with Gasteiger partial charge in [-0.1, -0.05) is 0 Å². The molecule has 0 aliphatic heterocycles. The highest BCUT2D eigenvalue weighted by Crippen LogP contribution is 2.16. The van der Waals surface area contributed by atoms with Gasteiger partial charge in [0.25, 0.3) is 0 Å². The van der Waals surface area contributed by atoms with Crippen LogP contribution in [0.25, 0.3) is 0 Å². The first-order valence-electron chi connectivity index (χ1n) is 4.61. The van der Waals surface area contributed by atoms with E-state index in [0.717, 1.165) is 32.1 Å². The van der Waals surface area contributed by atoms with Gasteiger partial charge in [-0.05, 0) is 25.7 Å². The monoisotopic (exact) mass is 172 g/mol. The zero-order chi connectivity index (χ0) is 9.94.